The Hall–Kier alpha value is -1.78. The quantitative estimate of drug-likeness (QED) is 0.833. The van der Waals surface area contributed by atoms with Crippen LogP contribution in [-0.4, -0.2) is 27.7 Å². The Labute approximate surface area is 126 Å². The Morgan fingerprint density at radius 2 is 1.67 bits per heavy atom. The molecule has 0 aliphatic rings. The zero-order chi connectivity index (χ0) is 16.0. The number of Topliss-reactive ketones (excluding diaryl/α,β-unsaturated/α-hetero) is 1. The first kappa shape index (κ1) is 17.3. The summed E-state index contributed by atoms with van der Waals surface area (Å²) in [5.74, 6) is 0.150. The summed E-state index contributed by atoms with van der Waals surface area (Å²) in [4.78, 5) is 32.0. The van der Waals surface area contributed by atoms with Gasteiger partial charge in [-0.2, -0.15) is 0 Å². The summed E-state index contributed by atoms with van der Waals surface area (Å²) >= 11 is 0. The molecule has 1 aromatic rings. The van der Waals surface area contributed by atoms with Crippen LogP contribution in [0.2, 0.25) is 0 Å². The van der Waals surface area contributed by atoms with Crippen LogP contribution in [0.15, 0.2) is 12.4 Å². The van der Waals surface area contributed by atoms with Crippen LogP contribution in [0.5, 0.6) is 0 Å². The van der Waals surface area contributed by atoms with Crippen molar-refractivity contribution >= 4 is 11.7 Å². The van der Waals surface area contributed by atoms with Crippen molar-refractivity contribution in [3.05, 3.63) is 23.8 Å². The van der Waals surface area contributed by atoms with E-state index in [1.807, 2.05) is 34.6 Å². The molecule has 1 heterocycles. The molecule has 0 aromatic carbocycles. The maximum atomic E-state index is 11.7. The third-order valence-corrected chi connectivity index (χ3v) is 3.16. The molecule has 1 N–H and O–H groups in total. The van der Waals surface area contributed by atoms with Crippen molar-refractivity contribution in [3.8, 4) is 0 Å². The molecule has 5 nitrogen and oxygen atoms in total. The van der Waals surface area contributed by atoms with Crippen molar-refractivity contribution in [2.45, 2.75) is 53.5 Å². The Morgan fingerprint density at radius 1 is 1.05 bits per heavy atom. The van der Waals surface area contributed by atoms with Crippen molar-refractivity contribution in [1.82, 2.24) is 15.3 Å². The minimum Gasteiger partial charge on any atom is -0.353 e. The number of rotatable bonds is 7. The lowest BCUT2D eigenvalue weighted by Gasteiger charge is -2.15. The monoisotopic (exact) mass is 291 g/mol. The van der Waals surface area contributed by atoms with E-state index in [-0.39, 0.29) is 29.6 Å². The molecule has 0 radical (unpaired) electrons. The van der Waals surface area contributed by atoms with Crippen molar-refractivity contribution in [3.63, 3.8) is 0 Å². The van der Waals surface area contributed by atoms with Crippen LogP contribution in [0.4, 0.5) is 0 Å². The molecule has 1 atom stereocenters. The smallest absolute Gasteiger partial charge is 0.222 e. The van der Waals surface area contributed by atoms with Crippen molar-refractivity contribution in [1.29, 1.82) is 0 Å². The standard InChI is InChI=1S/C16H25N3O2/c1-10(2)15(20)7-14-9-17-8-13(19-14)6-12(5)18-16(21)11(3)4/h8-12H,6-7H2,1-5H3,(H,18,21). The van der Waals surface area contributed by atoms with Crippen LogP contribution in [0.25, 0.3) is 0 Å². The summed E-state index contributed by atoms with van der Waals surface area (Å²) in [6.07, 6.45) is 4.23. The number of carbonyl (C=O) groups excluding carboxylic acids is 2. The Morgan fingerprint density at radius 3 is 2.24 bits per heavy atom. The van der Waals surface area contributed by atoms with Gasteiger partial charge in [0.15, 0.2) is 0 Å². The van der Waals surface area contributed by atoms with Gasteiger partial charge in [0.05, 0.1) is 17.8 Å². The second-order valence-electron chi connectivity index (χ2n) is 6.07. The van der Waals surface area contributed by atoms with Crippen LogP contribution in [0.3, 0.4) is 0 Å². The second kappa shape index (κ2) is 7.86. The van der Waals surface area contributed by atoms with E-state index < -0.39 is 0 Å². The summed E-state index contributed by atoms with van der Waals surface area (Å²) in [6.45, 7) is 9.42. The molecule has 116 valence electrons. The van der Waals surface area contributed by atoms with Gasteiger partial charge in [-0.3, -0.25) is 19.6 Å². The van der Waals surface area contributed by atoms with Gasteiger partial charge in [-0.05, 0) is 6.92 Å². The zero-order valence-corrected chi connectivity index (χ0v) is 13.5. The number of amides is 1. The van der Waals surface area contributed by atoms with E-state index in [2.05, 4.69) is 15.3 Å². The number of hydrogen-bond donors (Lipinski definition) is 1. The molecule has 0 aliphatic carbocycles. The second-order valence-corrected chi connectivity index (χ2v) is 6.07. The van der Waals surface area contributed by atoms with Gasteiger partial charge >= 0.3 is 0 Å². The van der Waals surface area contributed by atoms with Crippen LogP contribution >= 0.6 is 0 Å². The first-order valence-electron chi connectivity index (χ1n) is 7.42. The topological polar surface area (TPSA) is 72.0 Å². The van der Waals surface area contributed by atoms with Gasteiger partial charge in [0, 0.05) is 36.7 Å². The van der Waals surface area contributed by atoms with E-state index in [1.165, 1.54) is 0 Å². The highest BCUT2D eigenvalue weighted by Crippen LogP contribution is 2.05. The molecular weight excluding hydrogens is 266 g/mol. The van der Waals surface area contributed by atoms with E-state index in [0.29, 0.717) is 18.5 Å². The number of ketones is 1. The molecule has 0 spiro atoms. The van der Waals surface area contributed by atoms with Gasteiger partial charge in [0.2, 0.25) is 5.91 Å². The molecule has 1 aromatic heterocycles. The molecule has 1 rings (SSSR count). The number of nitrogens with one attached hydrogen (secondary N) is 1. The van der Waals surface area contributed by atoms with Crippen LogP contribution < -0.4 is 5.32 Å². The van der Waals surface area contributed by atoms with Gasteiger partial charge < -0.3 is 5.32 Å². The normalized spacial score (nSPS) is 12.5. The van der Waals surface area contributed by atoms with Crippen LogP contribution in [-0.2, 0) is 22.4 Å². The SMILES string of the molecule is CC(Cc1cncc(CC(=O)C(C)C)n1)NC(=O)C(C)C. The lowest BCUT2D eigenvalue weighted by atomic mass is 10.0. The van der Waals surface area contributed by atoms with Gasteiger partial charge in [0.25, 0.3) is 0 Å². The van der Waals surface area contributed by atoms with E-state index in [0.717, 1.165) is 5.69 Å². The molecule has 21 heavy (non-hydrogen) atoms. The Balaban J connectivity index is 2.64. The number of nitrogens with zero attached hydrogens (tertiary/aromatic N) is 2. The summed E-state index contributed by atoms with van der Waals surface area (Å²) in [5.41, 5.74) is 1.48. The number of hydrogen-bond acceptors (Lipinski definition) is 4. The molecule has 0 saturated carbocycles. The number of carbonyl (C=O) groups is 2. The van der Waals surface area contributed by atoms with Gasteiger partial charge in [-0.15, -0.1) is 0 Å². The third kappa shape index (κ3) is 6.02. The Bertz CT molecular complexity index is 498. The zero-order valence-electron chi connectivity index (χ0n) is 13.5. The fourth-order valence-corrected chi connectivity index (χ4v) is 1.79. The predicted octanol–water partition coefficient (Wildman–Crippen LogP) is 1.95. The minimum absolute atomic E-state index is 0.000269. The molecule has 0 aliphatic heterocycles. The molecule has 1 unspecified atom stereocenters. The third-order valence-electron chi connectivity index (χ3n) is 3.16. The Kier molecular flexibility index (Phi) is 6.46. The summed E-state index contributed by atoms with van der Waals surface area (Å²) < 4.78 is 0. The highest BCUT2D eigenvalue weighted by molar-refractivity contribution is 5.82. The lowest BCUT2D eigenvalue weighted by molar-refractivity contribution is -0.124. The molecule has 0 fully saturated rings. The van der Waals surface area contributed by atoms with E-state index in [9.17, 15) is 9.59 Å². The average molecular weight is 291 g/mol. The van der Waals surface area contributed by atoms with Gasteiger partial charge in [-0.25, -0.2) is 0 Å². The number of aromatic nitrogens is 2. The molecule has 0 saturated heterocycles. The van der Waals surface area contributed by atoms with Crippen LogP contribution in [0.1, 0.15) is 46.0 Å². The lowest BCUT2D eigenvalue weighted by Crippen LogP contribution is -2.37. The fourth-order valence-electron chi connectivity index (χ4n) is 1.79. The van der Waals surface area contributed by atoms with Crippen LogP contribution in [0, 0.1) is 11.8 Å². The minimum atomic E-state index is -0.0338. The first-order valence-corrected chi connectivity index (χ1v) is 7.42. The van der Waals surface area contributed by atoms with Crippen molar-refractivity contribution < 1.29 is 9.59 Å². The molecule has 1 amide bonds. The highest BCUT2D eigenvalue weighted by Gasteiger charge is 2.13. The fraction of sp³-hybridized carbons (Fsp3) is 0.625. The largest absolute Gasteiger partial charge is 0.353 e. The summed E-state index contributed by atoms with van der Waals surface area (Å²) in [6, 6.07) is -0.00903. The maximum absolute atomic E-state index is 11.7. The first-order chi connectivity index (χ1) is 9.79. The maximum Gasteiger partial charge on any atom is 0.222 e. The van der Waals surface area contributed by atoms with Gasteiger partial charge in [-0.1, -0.05) is 27.7 Å². The molecule has 0 bridgehead atoms. The van der Waals surface area contributed by atoms with E-state index >= 15 is 0 Å². The average Bonchev–Trinajstić information content (AvgIpc) is 2.38. The van der Waals surface area contributed by atoms with E-state index in [4.69, 9.17) is 0 Å². The highest BCUT2D eigenvalue weighted by atomic mass is 16.2. The predicted molar refractivity (Wildman–Crippen MR) is 81.7 cm³/mol. The van der Waals surface area contributed by atoms with Crippen molar-refractivity contribution in [2.24, 2.45) is 11.8 Å². The van der Waals surface area contributed by atoms with Gasteiger partial charge in [0.1, 0.15) is 5.78 Å². The summed E-state index contributed by atoms with van der Waals surface area (Å²) in [5, 5.41) is 2.93. The molecular formula is C16H25N3O2. The summed E-state index contributed by atoms with van der Waals surface area (Å²) in [7, 11) is 0. The molecule has 5 heteroatoms. The van der Waals surface area contributed by atoms with E-state index in [1.54, 1.807) is 12.4 Å². The van der Waals surface area contributed by atoms with Crippen molar-refractivity contribution in [2.75, 3.05) is 0 Å².